The number of rotatable bonds is 2. The fourth-order valence-electron chi connectivity index (χ4n) is 0.650. The Morgan fingerprint density at radius 3 is 2.70 bits per heavy atom. The predicted octanol–water partition coefficient (Wildman–Crippen LogP) is 1.73. The maximum atomic E-state index is 4.25. The molecule has 0 atom stereocenters. The summed E-state index contributed by atoms with van der Waals surface area (Å²) >= 11 is 1.72. The summed E-state index contributed by atoms with van der Waals surface area (Å²) in [5.74, 6) is 0. The number of hydrogen-bond donors (Lipinski definition) is 0. The zero-order valence-corrected chi connectivity index (χ0v) is 7.48. The van der Waals surface area contributed by atoms with Crippen LogP contribution in [0, 0.1) is 0 Å². The van der Waals surface area contributed by atoms with Crippen LogP contribution in [-0.2, 0) is 0 Å². The van der Waals surface area contributed by atoms with Gasteiger partial charge in [-0.05, 0) is 6.92 Å². The molecular weight excluding hydrogens is 144 g/mol. The van der Waals surface area contributed by atoms with E-state index in [2.05, 4.69) is 26.0 Å². The molecule has 2 nitrogen and oxygen atoms in total. The van der Waals surface area contributed by atoms with Crippen molar-refractivity contribution < 1.29 is 0 Å². The van der Waals surface area contributed by atoms with E-state index in [0.717, 1.165) is 11.0 Å². The summed E-state index contributed by atoms with van der Waals surface area (Å²) in [7, 11) is 4.33. The highest BCUT2D eigenvalue weighted by atomic mass is 32.1. The molecule has 10 heavy (non-hydrogen) atoms. The summed E-state index contributed by atoms with van der Waals surface area (Å²) in [5, 5.41) is 3.20. The molecule has 0 saturated heterocycles. The van der Waals surface area contributed by atoms with Crippen LogP contribution in [0.1, 0.15) is 6.92 Å². The van der Waals surface area contributed by atoms with Crippen molar-refractivity contribution in [3.8, 4) is 0 Å². The molecule has 1 aromatic rings. The van der Waals surface area contributed by atoms with Crippen molar-refractivity contribution >= 4 is 16.5 Å². The van der Waals surface area contributed by atoms with Crippen molar-refractivity contribution in [3.05, 3.63) is 11.6 Å². The fraction of sp³-hybridized carbons (Fsp3) is 0.571. The molecule has 0 aliphatic rings. The van der Waals surface area contributed by atoms with Crippen LogP contribution < -0.4 is 4.48 Å². The second-order valence-electron chi connectivity index (χ2n) is 2.82. The minimum Gasteiger partial charge on any atom is -0.270 e. The minimum atomic E-state index is 0.887. The Labute approximate surface area is 65.7 Å². The fourth-order valence-corrected chi connectivity index (χ4v) is 1.43. The number of thiazole rings is 1. The van der Waals surface area contributed by atoms with Gasteiger partial charge in [0.15, 0.2) is 0 Å². The molecule has 0 amide bonds. The molecular formula is C7H13N2S+. The molecule has 0 saturated carbocycles. The Hall–Kier alpha value is -0.410. The molecule has 1 heterocycles. The van der Waals surface area contributed by atoms with Crippen molar-refractivity contribution in [2.75, 3.05) is 20.6 Å². The Kier molecular flexibility index (Phi) is 2.06. The Balaban J connectivity index is 2.85. The Morgan fingerprint density at radius 1 is 1.60 bits per heavy atom. The van der Waals surface area contributed by atoms with Crippen LogP contribution in [0.2, 0.25) is 0 Å². The molecule has 1 aromatic heterocycles. The smallest absolute Gasteiger partial charge is 0.270 e. The van der Waals surface area contributed by atoms with Gasteiger partial charge in [-0.15, -0.1) is 0 Å². The van der Waals surface area contributed by atoms with Crippen molar-refractivity contribution in [1.82, 2.24) is 9.47 Å². The van der Waals surface area contributed by atoms with Gasteiger partial charge >= 0.3 is 0 Å². The first kappa shape index (κ1) is 7.69. The zero-order chi connectivity index (χ0) is 7.61. The summed E-state index contributed by atoms with van der Waals surface area (Å²) in [6, 6.07) is 0. The summed E-state index contributed by atoms with van der Waals surface area (Å²) in [4.78, 5) is 4.25. The summed E-state index contributed by atoms with van der Waals surface area (Å²) in [6.07, 6.45) is 1.86. The van der Waals surface area contributed by atoms with Crippen molar-refractivity contribution in [1.29, 1.82) is 0 Å². The van der Waals surface area contributed by atoms with E-state index in [4.69, 9.17) is 0 Å². The predicted molar refractivity (Wildman–Crippen MR) is 46.3 cm³/mol. The molecule has 3 heteroatoms. The summed E-state index contributed by atoms with van der Waals surface area (Å²) in [6.45, 7) is 3.26. The Morgan fingerprint density at radius 2 is 2.30 bits per heavy atom. The largest absolute Gasteiger partial charge is 0.285 e. The van der Waals surface area contributed by atoms with Gasteiger partial charge in [0, 0.05) is 11.6 Å². The van der Waals surface area contributed by atoms with Crippen molar-refractivity contribution in [2.45, 2.75) is 6.92 Å². The quantitative estimate of drug-likeness (QED) is 0.596. The number of aromatic nitrogens is 1. The lowest BCUT2D eigenvalue weighted by molar-refractivity contribution is 0.419. The van der Waals surface area contributed by atoms with Gasteiger partial charge in [0.2, 0.25) is 0 Å². The molecule has 0 bridgehead atoms. The van der Waals surface area contributed by atoms with Gasteiger partial charge in [-0.2, -0.15) is 4.98 Å². The highest BCUT2D eigenvalue weighted by molar-refractivity contribution is 7.13. The van der Waals surface area contributed by atoms with E-state index in [1.165, 1.54) is 5.13 Å². The van der Waals surface area contributed by atoms with E-state index in [-0.39, 0.29) is 0 Å². The van der Waals surface area contributed by atoms with E-state index in [9.17, 15) is 0 Å². The SMILES string of the molecule is CC[N+](C)(C)c1nccs1. The first-order chi connectivity index (χ1) is 4.67. The maximum absolute atomic E-state index is 4.25. The maximum Gasteiger partial charge on any atom is 0.285 e. The zero-order valence-electron chi connectivity index (χ0n) is 6.66. The van der Waals surface area contributed by atoms with Gasteiger partial charge in [0.1, 0.15) is 0 Å². The molecule has 0 N–H and O–H groups in total. The topological polar surface area (TPSA) is 12.9 Å². The standard InChI is InChI=1S/C7H13N2S/c1-4-9(2,3)7-8-5-6-10-7/h5-6H,4H2,1-3H3/q+1. The van der Waals surface area contributed by atoms with Crippen LogP contribution in [0.4, 0.5) is 5.13 Å². The molecule has 0 radical (unpaired) electrons. The van der Waals surface area contributed by atoms with Gasteiger partial charge in [0.05, 0.1) is 20.6 Å². The van der Waals surface area contributed by atoms with Crippen molar-refractivity contribution in [3.63, 3.8) is 0 Å². The monoisotopic (exact) mass is 157 g/mol. The summed E-state index contributed by atoms with van der Waals surface area (Å²) < 4.78 is 0.887. The van der Waals surface area contributed by atoms with Crippen LogP contribution in [0.5, 0.6) is 0 Å². The van der Waals surface area contributed by atoms with E-state index in [1.807, 2.05) is 11.6 Å². The third kappa shape index (κ3) is 1.36. The second kappa shape index (κ2) is 2.68. The first-order valence-electron chi connectivity index (χ1n) is 3.40. The average molecular weight is 157 g/mol. The highest BCUT2D eigenvalue weighted by Crippen LogP contribution is 2.20. The number of hydrogen-bond acceptors (Lipinski definition) is 2. The Bertz CT molecular complexity index is 191. The summed E-state index contributed by atoms with van der Waals surface area (Å²) in [5.41, 5.74) is 0. The van der Waals surface area contributed by atoms with Gasteiger partial charge < -0.3 is 0 Å². The average Bonchev–Trinajstić information content (AvgIpc) is 2.38. The minimum absolute atomic E-state index is 0.887. The van der Waals surface area contributed by atoms with E-state index < -0.39 is 0 Å². The highest BCUT2D eigenvalue weighted by Gasteiger charge is 2.18. The molecule has 0 spiro atoms. The molecule has 0 aromatic carbocycles. The van der Waals surface area contributed by atoms with Crippen LogP contribution in [-0.4, -0.2) is 25.6 Å². The molecule has 0 aliphatic carbocycles. The molecule has 0 unspecified atom stereocenters. The van der Waals surface area contributed by atoms with Gasteiger partial charge in [-0.1, -0.05) is 11.3 Å². The second-order valence-corrected chi connectivity index (χ2v) is 3.69. The van der Waals surface area contributed by atoms with Crippen LogP contribution >= 0.6 is 11.3 Å². The number of nitrogens with zero attached hydrogens (tertiary/aromatic N) is 2. The first-order valence-corrected chi connectivity index (χ1v) is 4.28. The van der Waals surface area contributed by atoms with E-state index >= 15 is 0 Å². The van der Waals surface area contributed by atoms with Crippen molar-refractivity contribution in [2.24, 2.45) is 0 Å². The van der Waals surface area contributed by atoms with Crippen LogP contribution in [0.3, 0.4) is 0 Å². The van der Waals surface area contributed by atoms with Gasteiger partial charge in [-0.25, -0.2) is 0 Å². The van der Waals surface area contributed by atoms with Crippen LogP contribution in [0.25, 0.3) is 0 Å². The lowest BCUT2D eigenvalue weighted by Crippen LogP contribution is -2.39. The van der Waals surface area contributed by atoms with E-state index in [1.54, 1.807) is 11.3 Å². The molecule has 0 fully saturated rings. The molecule has 56 valence electrons. The third-order valence-corrected chi connectivity index (χ3v) is 2.80. The van der Waals surface area contributed by atoms with Gasteiger partial charge in [-0.3, -0.25) is 4.48 Å². The van der Waals surface area contributed by atoms with Crippen LogP contribution in [0.15, 0.2) is 11.6 Å². The molecule has 1 rings (SSSR count). The normalized spacial score (nSPS) is 11.9. The van der Waals surface area contributed by atoms with E-state index in [0.29, 0.717) is 0 Å². The third-order valence-electron chi connectivity index (χ3n) is 1.73. The van der Waals surface area contributed by atoms with Gasteiger partial charge in [0.25, 0.3) is 5.13 Å². The lowest BCUT2D eigenvalue weighted by atomic mass is 10.5. The lowest BCUT2D eigenvalue weighted by Gasteiger charge is -2.23. The number of quaternary nitrogens is 1. The molecule has 0 aliphatic heterocycles.